The molecule has 4 nitrogen and oxygen atoms in total. The van der Waals surface area contributed by atoms with Crippen LogP contribution in [0.15, 0.2) is 54.6 Å². The minimum absolute atomic E-state index is 0.0242. The molecule has 1 heterocycles. The highest BCUT2D eigenvalue weighted by Crippen LogP contribution is 2.32. The second kappa shape index (κ2) is 10.5. The van der Waals surface area contributed by atoms with Crippen LogP contribution in [0.3, 0.4) is 0 Å². The van der Waals surface area contributed by atoms with Crippen LogP contribution in [0.5, 0.6) is 5.75 Å². The van der Waals surface area contributed by atoms with E-state index in [1.54, 1.807) is 0 Å². The Morgan fingerprint density at radius 3 is 2.37 bits per heavy atom. The maximum atomic E-state index is 11.2. The Morgan fingerprint density at radius 1 is 1.00 bits per heavy atom. The van der Waals surface area contributed by atoms with Gasteiger partial charge in [0.2, 0.25) is 0 Å². The molecule has 0 unspecified atom stereocenters. The van der Waals surface area contributed by atoms with E-state index in [0.717, 1.165) is 63.6 Å². The van der Waals surface area contributed by atoms with E-state index in [2.05, 4.69) is 24.0 Å². The topological polar surface area (TPSA) is 41.9 Å². The quantitative estimate of drug-likeness (QED) is 0.678. The number of benzene rings is 2. The third kappa shape index (κ3) is 5.80. The molecular formula is C23H31NO3. The Bertz CT molecular complexity index is 653. The average Bonchev–Trinajstić information content (AvgIpc) is 2.74. The molecule has 1 aliphatic rings. The Morgan fingerprint density at radius 2 is 1.70 bits per heavy atom. The molecule has 146 valence electrons. The van der Waals surface area contributed by atoms with Crippen molar-refractivity contribution in [2.75, 3.05) is 39.5 Å². The van der Waals surface area contributed by atoms with Gasteiger partial charge in [-0.2, -0.15) is 0 Å². The average molecular weight is 370 g/mol. The number of unbranched alkanes of at least 4 members (excludes halogenated alkanes) is 1. The van der Waals surface area contributed by atoms with Crippen molar-refractivity contribution in [2.24, 2.45) is 0 Å². The van der Waals surface area contributed by atoms with Gasteiger partial charge in [-0.25, -0.2) is 0 Å². The highest BCUT2D eigenvalue weighted by molar-refractivity contribution is 5.32. The van der Waals surface area contributed by atoms with Crippen molar-refractivity contribution in [1.29, 1.82) is 0 Å². The fourth-order valence-corrected chi connectivity index (χ4v) is 3.48. The molecule has 0 aliphatic carbocycles. The van der Waals surface area contributed by atoms with Crippen LogP contribution < -0.4 is 4.74 Å². The number of hydrogen-bond acceptors (Lipinski definition) is 4. The first-order chi connectivity index (χ1) is 13.3. The van der Waals surface area contributed by atoms with Crippen LogP contribution in [0.2, 0.25) is 0 Å². The zero-order valence-corrected chi connectivity index (χ0v) is 16.2. The molecule has 0 spiro atoms. The Labute approximate surface area is 162 Å². The predicted molar refractivity (Wildman–Crippen MR) is 108 cm³/mol. The summed E-state index contributed by atoms with van der Waals surface area (Å²) in [4.78, 5) is 2.38. The number of nitrogens with zero attached hydrogens (tertiary/aromatic N) is 1. The molecule has 2 atom stereocenters. The molecule has 3 rings (SSSR count). The molecule has 1 aliphatic heterocycles. The van der Waals surface area contributed by atoms with E-state index in [0.29, 0.717) is 0 Å². The summed E-state index contributed by atoms with van der Waals surface area (Å²) in [6.07, 6.45) is 1.62. The van der Waals surface area contributed by atoms with Gasteiger partial charge in [0.1, 0.15) is 5.75 Å². The summed E-state index contributed by atoms with van der Waals surface area (Å²) in [6, 6.07) is 18.2. The predicted octanol–water partition coefficient (Wildman–Crippen LogP) is 4.01. The highest BCUT2D eigenvalue weighted by atomic mass is 16.5. The summed E-state index contributed by atoms with van der Waals surface area (Å²) in [7, 11) is 0. The second-order valence-electron chi connectivity index (χ2n) is 7.15. The SMILES string of the molecule is CCCCOc1ccc([C@@H](O)[C@H](CN2CCOCC2)c2ccccc2)cc1. The van der Waals surface area contributed by atoms with Gasteiger partial charge in [-0.05, 0) is 29.7 Å². The number of ether oxygens (including phenoxy) is 2. The normalized spacial score (nSPS) is 17.4. The van der Waals surface area contributed by atoms with Gasteiger partial charge in [-0.3, -0.25) is 4.90 Å². The van der Waals surface area contributed by atoms with Gasteiger partial charge in [-0.1, -0.05) is 55.8 Å². The van der Waals surface area contributed by atoms with Gasteiger partial charge in [0.05, 0.1) is 25.9 Å². The summed E-state index contributed by atoms with van der Waals surface area (Å²) < 4.78 is 11.2. The Hall–Kier alpha value is -1.88. The molecule has 0 bridgehead atoms. The van der Waals surface area contributed by atoms with Crippen molar-refractivity contribution >= 4 is 0 Å². The molecule has 2 aromatic carbocycles. The molecule has 0 aromatic heterocycles. The molecule has 27 heavy (non-hydrogen) atoms. The molecule has 1 saturated heterocycles. The summed E-state index contributed by atoms with van der Waals surface area (Å²) in [5.74, 6) is 0.889. The van der Waals surface area contributed by atoms with Gasteiger partial charge in [0.25, 0.3) is 0 Å². The maximum Gasteiger partial charge on any atom is 0.119 e. The number of aliphatic hydroxyl groups excluding tert-OH is 1. The minimum atomic E-state index is -0.556. The van der Waals surface area contributed by atoms with Gasteiger partial charge >= 0.3 is 0 Å². The standard InChI is InChI=1S/C23H31NO3/c1-2-3-15-27-21-11-9-20(10-12-21)23(25)22(19-7-5-4-6-8-19)18-24-13-16-26-17-14-24/h4-12,22-23,25H,2-3,13-18H2,1H3/t22-,23-/m1/s1. The molecule has 0 amide bonds. The van der Waals surface area contributed by atoms with Gasteiger partial charge in [-0.15, -0.1) is 0 Å². The smallest absolute Gasteiger partial charge is 0.119 e. The van der Waals surface area contributed by atoms with E-state index in [1.165, 1.54) is 5.56 Å². The van der Waals surface area contributed by atoms with Crippen LogP contribution in [-0.2, 0) is 4.74 Å². The fourth-order valence-electron chi connectivity index (χ4n) is 3.48. The lowest BCUT2D eigenvalue weighted by Gasteiger charge is -2.33. The van der Waals surface area contributed by atoms with E-state index < -0.39 is 6.10 Å². The molecule has 4 heteroatoms. The summed E-state index contributed by atoms with van der Waals surface area (Å²) in [5.41, 5.74) is 2.10. The van der Waals surface area contributed by atoms with Crippen molar-refractivity contribution in [2.45, 2.75) is 31.8 Å². The largest absolute Gasteiger partial charge is 0.494 e. The van der Waals surface area contributed by atoms with Gasteiger partial charge in [0, 0.05) is 25.6 Å². The monoisotopic (exact) mass is 369 g/mol. The first-order valence-corrected chi connectivity index (χ1v) is 10.0. The zero-order valence-electron chi connectivity index (χ0n) is 16.2. The molecular weight excluding hydrogens is 338 g/mol. The number of aliphatic hydroxyl groups is 1. The lowest BCUT2D eigenvalue weighted by atomic mass is 9.88. The first-order valence-electron chi connectivity index (χ1n) is 10.0. The lowest BCUT2D eigenvalue weighted by Crippen LogP contribution is -2.39. The number of rotatable bonds is 9. The summed E-state index contributed by atoms with van der Waals surface area (Å²) in [6.45, 7) is 7.08. The molecule has 0 saturated carbocycles. The van der Waals surface area contributed by atoms with Gasteiger partial charge < -0.3 is 14.6 Å². The maximum absolute atomic E-state index is 11.2. The number of morpholine rings is 1. The first kappa shape index (κ1) is 19.9. The second-order valence-corrected chi connectivity index (χ2v) is 7.15. The summed E-state index contributed by atoms with van der Waals surface area (Å²) >= 11 is 0. The lowest BCUT2D eigenvalue weighted by molar-refractivity contribution is 0.0240. The van der Waals surface area contributed by atoms with E-state index in [-0.39, 0.29) is 5.92 Å². The molecule has 2 aromatic rings. The van der Waals surface area contributed by atoms with Crippen LogP contribution in [0.4, 0.5) is 0 Å². The van der Waals surface area contributed by atoms with Crippen LogP contribution >= 0.6 is 0 Å². The zero-order chi connectivity index (χ0) is 18.9. The highest BCUT2D eigenvalue weighted by Gasteiger charge is 2.26. The fraction of sp³-hybridized carbons (Fsp3) is 0.478. The Balaban J connectivity index is 1.72. The molecule has 0 radical (unpaired) electrons. The van der Waals surface area contributed by atoms with Crippen LogP contribution in [0.25, 0.3) is 0 Å². The van der Waals surface area contributed by atoms with Crippen LogP contribution in [-0.4, -0.2) is 49.5 Å². The van der Waals surface area contributed by atoms with Gasteiger partial charge in [0.15, 0.2) is 0 Å². The Kier molecular flexibility index (Phi) is 7.69. The third-order valence-electron chi connectivity index (χ3n) is 5.16. The van der Waals surface area contributed by atoms with Crippen molar-refractivity contribution in [3.05, 3.63) is 65.7 Å². The van der Waals surface area contributed by atoms with Crippen molar-refractivity contribution in [1.82, 2.24) is 4.90 Å². The van der Waals surface area contributed by atoms with Crippen molar-refractivity contribution in [3.8, 4) is 5.75 Å². The van der Waals surface area contributed by atoms with E-state index in [9.17, 15) is 5.11 Å². The summed E-state index contributed by atoms with van der Waals surface area (Å²) in [5, 5.41) is 11.2. The van der Waals surface area contributed by atoms with E-state index >= 15 is 0 Å². The van der Waals surface area contributed by atoms with Crippen LogP contribution in [0, 0.1) is 0 Å². The molecule has 1 N–H and O–H groups in total. The molecule has 1 fully saturated rings. The van der Waals surface area contributed by atoms with Crippen molar-refractivity contribution in [3.63, 3.8) is 0 Å². The number of hydrogen-bond donors (Lipinski definition) is 1. The third-order valence-corrected chi connectivity index (χ3v) is 5.16. The van der Waals surface area contributed by atoms with E-state index in [1.807, 2.05) is 42.5 Å². The van der Waals surface area contributed by atoms with E-state index in [4.69, 9.17) is 9.47 Å². The van der Waals surface area contributed by atoms with Crippen molar-refractivity contribution < 1.29 is 14.6 Å². The minimum Gasteiger partial charge on any atom is -0.494 e. The van der Waals surface area contributed by atoms with Crippen LogP contribution in [0.1, 0.15) is 42.9 Å².